The van der Waals surface area contributed by atoms with Crippen LogP contribution >= 0.6 is 0 Å². The molecular formula is C11H23NO. The molecule has 0 unspecified atom stereocenters. The van der Waals surface area contributed by atoms with E-state index < -0.39 is 5.60 Å². The molecule has 1 rings (SSSR count). The smallest absolute Gasteiger partial charge is 0.0644 e. The van der Waals surface area contributed by atoms with Crippen molar-refractivity contribution in [3.63, 3.8) is 0 Å². The first-order chi connectivity index (χ1) is 5.79. The zero-order chi connectivity index (χ0) is 10.1. The molecule has 1 saturated heterocycles. The van der Waals surface area contributed by atoms with E-state index in [-0.39, 0.29) is 0 Å². The van der Waals surface area contributed by atoms with E-state index in [2.05, 4.69) is 25.7 Å². The second-order valence-corrected chi connectivity index (χ2v) is 5.83. The minimum Gasteiger partial charge on any atom is -0.390 e. The zero-order valence-electron chi connectivity index (χ0n) is 9.43. The summed E-state index contributed by atoms with van der Waals surface area (Å²) in [5.74, 6) is 0. The molecule has 0 aromatic carbocycles. The highest BCUT2D eigenvalue weighted by Crippen LogP contribution is 2.24. The average Bonchev–Trinajstić information content (AvgIpc) is 1.91. The van der Waals surface area contributed by atoms with Gasteiger partial charge in [-0.25, -0.2) is 0 Å². The van der Waals surface area contributed by atoms with Gasteiger partial charge in [0.2, 0.25) is 0 Å². The molecule has 0 saturated carbocycles. The van der Waals surface area contributed by atoms with E-state index >= 15 is 0 Å². The number of nitrogens with zero attached hydrogens (tertiary/aromatic N) is 1. The van der Waals surface area contributed by atoms with Crippen molar-refractivity contribution in [1.82, 2.24) is 4.90 Å². The van der Waals surface area contributed by atoms with Crippen molar-refractivity contribution in [3.8, 4) is 0 Å². The standard InChI is InChI=1S/C11H23NO/c1-10(2,3)9-12-7-5-11(4,13)6-8-12/h13H,5-9H2,1-4H3. The molecule has 2 heteroatoms. The molecule has 0 aromatic rings. The van der Waals surface area contributed by atoms with E-state index in [0.29, 0.717) is 5.41 Å². The molecule has 1 heterocycles. The van der Waals surface area contributed by atoms with E-state index in [1.165, 1.54) is 0 Å². The third kappa shape index (κ3) is 4.10. The second-order valence-electron chi connectivity index (χ2n) is 5.83. The monoisotopic (exact) mass is 185 g/mol. The maximum Gasteiger partial charge on any atom is 0.0644 e. The average molecular weight is 185 g/mol. The van der Waals surface area contributed by atoms with Crippen molar-refractivity contribution in [2.24, 2.45) is 5.41 Å². The fraction of sp³-hybridized carbons (Fsp3) is 1.00. The Kier molecular flexibility index (Phi) is 3.03. The molecule has 2 nitrogen and oxygen atoms in total. The molecule has 0 aromatic heterocycles. The summed E-state index contributed by atoms with van der Waals surface area (Å²) < 4.78 is 0. The first-order valence-electron chi connectivity index (χ1n) is 5.23. The molecule has 0 spiro atoms. The highest BCUT2D eigenvalue weighted by Gasteiger charge is 2.28. The van der Waals surface area contributed by atoms with E-state index in [4.69, 9.17) is 0 Å². The topological polar surface area (TPSA) is 23.5 Å². The molecule has 0 bridgehead atoms. The fourth-order valence-corrected chi connectivity index (χ4v) is 1.86. The van der Waals surface area contributed by atoms with Gasteiger partial charge in [-0.15, -0.1) is 0 Å². The third-order valence-corrected chi connectivity index (χ3v) is 2.63. The molecule has 1 fully saturated rings. The lowest BCUT2D eigenvalue weighted by molar-refractivity contribution is -0.0123. The lowest BCUT2D eigenvalue weighted by Crippen LogP contribution is -2.45. The molecule has 13 heavy (non-hydrogen) atoms. The van der Waals surface area contributed by atoms with E-state index in [0.717, 1.165) is 32.5 Å². The summed E-state index contributed by atoms with van der Waals surface area (Å²) in [6.45, 7) is 12.0. The number of hydrogen-bond donors (Lipinski definition) is 1. The van der Waals surface area contributed by atoms with Gasteiger partial charge in [0.25, 0.3) is 0 Å². The van der Waals surface area contributed by atoms with Gasteiger partial charge < -0.3 is 10.0 Å². The quantitative estimate of drug-likeness (QED) is 0.674. The largest absolute Gasteiger partial charge is 0.390 e. The summed E-state index contributed by atoms with van der Waals surface area (Å²) in [7, 11) is 0. The summed E-state index contributed by atoms with van der Waals surface area (Å²) in [6.07, 6.45) is 1.84. The van der Waals surface area contributed by atoms with Gasteiger partial charge in [-0.3, -0.25) is 0 Å². The molecule has 0 atom stereocenters. The van der Waals surface area contributed by atoms with Gasteiger partial charge in [-0.2, -0.15) is 0 Å². The Labute approximate surface area is 81.9 Å². The number of aliphatic hydroxyl groups is 1. The highest BCUT2D eigenvalue weighted by atomic mass is 16.3. The number of hydrogen-bond acceptors (Lipinski definition) is 2. The van der Waals surface area contributed by atoms with Gasteiger partial charge >= 0.3 is 0 Å². The van der Waals surface area contributed by atoms with Crippen LogP contribution in [0.15, 0.2) is 0 Å². The SMILES string of the molecule is CC(C)(C)CN1CCC(C)(O)CC1. The summed E-state index contributed by atoms with van der Waals surface area (Å²) in [5, 5.41) is 9.76. The van der Waals surface area contributed by atoms with Crippen LogP contribution in [-0.2, 0) is 0 Å². The number of piperidine rings is 1. The molecule has 0 aliphatic carbocycles. The van der Waals surface area contributed by atoms with E-state index in [1.807, 2.05) is 6.92 Å². The Bertz CT molecular complexity index is 159. The summed E-state index contributed by atoms with van der Waals surface area (Å²) in [5.41, 5.74) is -0.0302. The Morgan fingerprint density at radius 1 is 1.23 bits per heavy atom. The first kappa shape index (κ1) is 11.0. The maximum absolute atomic E-state index is 9.76. The van der Waals surface area contributed by atoms with Crippen molar-refractivity contribution in [3.05, 3.63) is 0 Å². The Morgan fingerprint density at radius 3 is 2.08 bits per heavy atom. The van der Waals surface area contributed by atoms with Crippen LogP contribution < -0.4 is 0 Å². The van der Waals surface area contributed by atoms with Crippen molar-refractivity contribution in [2.45, 2.75) is 46.1 Å². The molecule has 1 aliphatic rings. The normalized spacial score (nSPS) is 24.7. The van der Waals surface area contributed by atoms with Gasteiger partial charge in [0.1, 0.15) is 0 Å². The highest BCUT2D eigenvalue weighted by molar-refractivity contribution is 4.83. The molecule has 0 radical (unpaired) electrons. The predicted molar refractivity (Wildman–Crippen MR) is 55.8 cm³/mol. The van der Waals surface area contributed by atoms with Crippen LogP contribution in [0.25, 0.3) is 0 Å². The van der Waals surface area contributed by atoms with Crippen LogP contribution in [0.3, 0.4) is 0 Å². The Balaban J connectivity index is 2.34. The van der Waals surface area contributed by atoms with Crippen LogP contribution in [0.2, 0.25) is 0 Å². The third-order valence-electron chi connectivity index (χ3n) is 2.63. The van der Waals surface area contributed by atoms with Crippen LogP contribution in [0.4, 0.5) is 0 Å². The lowest BCUT2D eigenvalue weighted by Gasteiger charge is -2.38. The van der Waals surface area contributed by atoms with Crippen LogP contribution in [0.5, 0.6) is 0 Å². The van der Waals surface area contributed by atoms with Crippen molar-refractivity contribution < 1.29 is 5.11 Å². The maximum atomic E-state index is 9.76. The Morgan fingerprint density at radius 2 is 1.69 bits per heavy atom. The second kappa shape index (κ2) is 3.58. The molecule has 1 aliphatic heterocycles. The lowest BCUT2D eigenvalue weighted by atomic mass is 9.90. The fourth-order valence-electron chi connectivity index (χ4n) is 1.86. The molecular weight excluding hydrogens is 162 g/mol. The molecule has 0 amide bonds. The van der Waals surface area contributed by atoms with Gasteiger partial charge in [-0.1, -0.05) is 20.8 Å². The molecule has 1 N–H and O–H groups in total. The summed E-state index contributed by atoms with van der Waals surface area (Å²) >= 11 is 0. The molecule has 78 valence electrons. The predicted octanol–water partition coefficient (Wildman–Crippen LogP) is 1.88. The minimum absolute atomic E-state index is 0.378. The zero-order valence-corrected chi connectivity index (χ0v) is 9.43. The summed E-state index contributed by atoms with van der Waals surface area (Å²) in [4.78, 5) is 2.46. The van der Waals surface area contributed by atoms with Gasteiger partial charge in [-0.05, 0) is 25.2 Å². The van der Waals surface area contributed by atoms with Crippen LogP contribution in [0, 0.1) is 5.41 Å². The van der Waals surface area contributed by atoms with Crippen LogP contribution in [-0.4, -0.2) is 35.2 Å². The van der Waals surface area contributed by atoms with Crippen molar-refractivity contribution in [2.75, 3.05) is 19.6 Å². The van der Waals surface area contributed by atoms with E-state index in [9.17, 15) is 5.11 Å². The Hall–Kier alpha value is -0.0800. The first-order valence-corrected chi connectivity index (χ1v) is 5.23. The minimum atomic E-state index is -0.408. The summed E-state index contributed by atoms with van der Waals surface area (Å²) in [6, 6.07) is 0. The van der Waals surface area contributed by atoms with Crippen LogP contribution in [0.1, 0.15) is 40.5 Å². The number of rotatable bonds is 1. The van der Waals surface area contributed by atoms with Crippen molar-refractivity contribution >= 4 is 0 Å². The van der Waals surface area contributed by atoms with Gasteiger partial charge in [0, 0.05) is 19.6 Å². The van der Waals surface area contributed by atoms with Crippen molar-refractivity contribution in [1.29, 1.82) is 0 Å². The van der Waals surface area contributed by atoms with Gasteiger partial charge in [0.05, 0.1) is 5.60 Å². The van der Waals surface area contributed by atoms with Gasteiger partial charge in [0.15, 0.2) is 0 Å². The van der Waals surface area contributed by atoms with E-state index in [1.54, 1.807) is 0 Å². The number of likely N-dealkylation sites (tertiary alicyclic amines) is 1.